The molecule has 114 valence electrons. The molecule has 21 heavy (non-hydrogen) atoms. The van der Waals surface area contributed by atoms with E-state index in [2.05, 4.69) is 26.4 Å². The van der Waals surface area contributed by atoms with Gasteiger partial charge in [0.1, 0.15) is 5.41 Å². The van der Waals surface area contributed by atoms with Gasteiger partial charge in [-0.3, -0.25) is 4.79 Å². The third-order valence-electron chi connectivity index (χ3n) is 3.67. The van der Waals surface area contributed by atoms with Gasteiger partial charge in [-0.05, 0) is 30.9 Å². The van der Waals surface area contributed by atoms with E-state index in [0.717, 1.165) is 0 Å². The molecule has 1 aromatic rings. The van der Waals surface area contributed by atoms with Gasteiger partial charge in [-0.15, -0.1) is 0 Å². The molecule has 2 rings (SSSR count). The van der Waals surface area contributed by atoms with Crippen LogP contribution in [0.4, 0.5) is 5.69 Å². The molecule has 0 spiro atoms. The molecule has 0 unspecified atom stereocenters. The zero-order chi connectivity index (χ0) is 15.8. The molecule has 1 aliphatic rings. The maximum Gasteiger partial charge on any atom is 0.238 e. The van der Waals surface area contributed by atoms with E-state index in [4.69, 9.17) is 34.1 Å². The van der Waals surface area contributed by atoms with E-state index in [9.17, 15) is 4.79 Å². The largest absolute Gasteiger partial charge is 0.409 e. The Labute approximate surface area is 140 Å². The number of amides is 1. The summed E-state index contributed by atoms with van der Waals surface area (Å²) in [5, 5.41) is 15.2. The summed E-state index contributed by atoms with van der Waals surface area (Å²) in [5.41, 5.74) is 5.01. The highest BCUT2D eigenvalue weighted by molar-refractivity contribution is 9.10. The van der Waals surface area contributed by atoms with Crippen molar-refractivity contribution in [1.29, 1.82) is 0 Å². The summed E-state index contributed by atoms with van der Waals surface area (Å²) in [4.78, 5) is 12.5. The van der Waals surface area contributed by atoms with Gasteiger partial charge in [0.25, 0.3) is 0 Å². The molecule has 1 aromatic carbocycles. The summed E-state index contributed by atoms with van der Waals surface area (Å²) in [7, 11) is 0. The van der Waals surface area contributed by atoms with Gasteiger partial charge < -0.3 is 16.3 Å². The van der Waals surface area contributed by atoms with E-state index in [1.165, 1.54) is 0 Å². The van der Waals surface area contributed by atoms with E-state index >= 15 is 0 Å². The molecule has 1 aliphatic carbocycles. The van der Waals surface area contributed by atoms with Crippen molar-refractivity contribution < 1.29 is 10.0 Å². The molecule has 8 heteroatoms. The predicted molar refractivity (Wildman–Crippen MR) is 87.0 cm³/mol. The average Bonchev–Trinajstić information content (AvgIpc) is 2.37. The van der Waals surface area contributed by atoms with E-state index in [1.54, 1.807) is 12.1 Å². The molecular weight excluding hydrogens is 381 g/mol. The van der Waals surface area contributed by atoms with Gasteiger partial charge >= 0.3 is 0 Å². The molecule has 4 N–H and O–H groups in total. The van der Waals surface area contributed by atoms with Crippen LogP contribution in [0.15, 0.2) is 21.8 Å². The number of hydrogen-bond acceptors (Lipinski definition) is 3. The highest BCUT2D eigenvalue weighted by atomic mass is 79.9. The lowest BCUT2D eigenvalue weighted by atomic mass is 9.61. The van der Waals surface area contributed by atoms with Crippen molar-refractivity contribution in [2.24, 2.45) is 22.2 Å². The van der Waals surface area contributed by atoms with Crippen LogP contribution in [0.2, 0.25) is 10.0 Å². The number of anilines is 1. The highest BCUT2D eigenvalue weighted by Gasteiger charge is 2.52. The lowest BCUT2D eigenvalue weighted by molar-refractivity contribution is -0.127. The average molecular weight is 395 g/mol. The second kappa shape index (κ2) is 6.02. The van der Waals surface area contributed by atoms with Crippen LogP contribution >= 0.6 is 39.1 Å². The zero-order valence-corrected chi connectivity index (χ0v) is 14.3. The molecule has 0 aliphatic heterocycles. The molecule has 0 aromatic heterocycles. The van der Waals surface area contributed by atoms with Crippen molar-refractivity contribution in [2.75, 3.05) is 5.32 Å². The van der Waals surface area contributed by atoms with Crippen LogP contribution in [0, 0.1) is 11.3 Å². The van der Waals surface area contributed by atoms with Gasteiger partial charge in [0.2, 0.25) is 5.91 Å². The van der Waals surface area contributed by atoms with Crippen LogP contribution in [0.25, 0.3) is 0 Å². The van der Waals surface area contributed by atoms with Crippen molar-refractivity contribution >= 4 is 56.6 Å². The summed E-state index contributed by atoms with van der Waals surface area (Å²) in [6, 6.07) is 3.26. The molecule has 0 heterocycles. The van der Waals surface area contributed by atoms with Crippen LogP contribution in [0.3, 0.4) is 0 Å². The maximum atomic E-state index is 12.5. The van der Waals surface area contributed by atoms with Gasteiger partial charge in [0, 0.05) is 4.47 Å². The third-order valence-corrected chi connectivity index (χ3v) is 4.73. The summed E-state index contributed by atoms with van der Waals surface area (Å²) in [6.45, 7) is 2.00. The molecule has 5 nitrogen and oxygen atoms in total. The number of nitrogens with zero attached hydrogens (tertiary/aromatic N) is 1. The van der Waals surface area contributed by atoms with Crippen LogP contribution in [0.5, 0.6) is 0 Å². The van der Waals surface area contributed by atoms with Crippen molar-refractivity contribution in [3.63, 3.8) is 0 Å². The smallest absolute Gasteiger partial charge is 0.238 e. The molecule has 0 saturated heterocycles. The highest BCUT2D eigenvalue weighted by Crippen LogP contribution is 2.47. The Morgan fingerprint density at radius 2 is 2.00 bits per heavy atom. The van der Waals surface area contributed by atoms with E-state index in [-0.39, 0.29) is 11.7 Å². The standard InChI is InChI=1S/C13H14BrCl2N3O2/c1-6-4-13(5-6,11(17)19-21)12(20)18-10-8(15)2-7(14)3-9(10)16/h2-3,6,21H,4-5H2,1H3,(H2,17,19)(H,18,20). The molecule has 1 saturated carbocycles. The number of rotatable bonds is 3. The van der Waals surface area contributed by atoms with Crippen molar-refractivity contribution in [3.05, 3.63) is 26.7 Å². The van der Waals surface area contributed by atoms with Crippen LogP contribution in [-0.4, -0.2) is 17.0 Å². The topological polar surface area (TPSA) is 87.7 Å². The molecule has 0 atom stereocenters. The minimum Gasteiger partial charge on any atom is -0.409 e. The minimum absolute atomic E-state index is 0.0949. The van der Waals surface area contributed by atoms with Crippen molar-refractivity contribution in [2.45, 2.75) is 19.8 Å². The normalized spacial score (nSPS) is 25.3. The van der Waals surface area contributed by atoms with Gasteiger partial charge in [-0.1, -0.05) is 51.2 Å². The summed E-state index contributed by atoms with van der Waals surface area (Å²) in [5.74, 6) is -0.142. The predicted octanol–water partition coefficient (Wildman–Crippen LogP) is 3.86. The summed E-state index contributed by atoms with van der Waals surface area (Å²) >= 11 is 15.5. The monoisotopic (exact) mass is 393 g/mol. The number of halogens is 3. The summed E-state index contributed by atoms with van der Waals surface area (Å²) in [6.07, 6.45) is 1.03. The molecule has 0 radical (unpaired) electrons. The first-order valence-corrected chi connectivity index (χ1v) is 7.79. The molecule has 1 fully saturated rings. The van der Waals surface area contributed by atoms with Gasteiger partial charge in [-0.2, -0.15) is 0 Å². The Kier molecular flexibility index (Phi) is 4.70. The van der Waals surface area contributed by atoms with Crippen LogP contribution in [-0.2, 0) is 4.79 Å². The van der Waals surface area contributed by atoms with E-state index in [1.807, 2.05) is 6.92 Å². The second-order valence-electron chi connectivity index (χ2n) is 5.28. The number of nitrogens with one attached hydrogen (secondary N) is 1. The quantitative estimate of drug-likeness (QED) is 0.315. The first-order chi connectivity index (χ1) is 9.80. The number of carbonyl (C=O) groups excluding carboxylic acids is 1. The number of nitrogens with two attached hydrogens (primary N) is 1. The fourth-order valence-corrected chi connectivity index (χ4v) is 3.93. The Morgan fingerprint density at radius 1 is 1.48 bits per heavy atom. The zero-order valence-electron chi connectivity index (χ0n) is 11.2. The first kappa shape index (κ1) is 16.4. The number of carbonyl (C=O) groups is 1. The van der Waals surface area contributed by atoms with Crippen LogP contribution < -0.4 is 11.1 Å². The SMILES string of the molecule is CC1CC(C(=O)Nc2c(Cl)cc(Br)cc2Cl)(C(N)=NO)C1. The van der Waals surface area contributed by atoms with Gasteiger partial charge in [0.05, 0.1) is 15.7 Å². The Bertz CT molecular complexity index is 592. The van der Waals surface area contributed by atoms with Crippen LogP contribution in [0.1, 0.15) is 19.8 Å². The number of benzene rings is 1. The fraction of sp³-hybridized carbons (Fsp3) is 0.385. The van der Waals surface area contributed by atoms with E-state index in [0.29, 0.717) is 39.0 Å². The Balaban J connectivity index is 2.29. The van der Waals surface area contributed by atoms with E-state index < -0.39 is 5.41 Å². The Hall–Kier alpha value is -0.980. The van der Waals surface area contributed by atoms with Gasteiger partial charge in [-0.25, -0.2) is 0 Å². The number of amidine groups is 1. The Morgan fingerprint density at radius 3 is 2.43 bits per heavy atom. The lowest BCUT2D eigenvalue weighted by Crippen LogP contribution is -2.54. The number of hydrogen-bond donors (Lipinski definition) is 3. The maximum absolute atomic E-state index is 12.5. The third kappa shape index (κ3) is 2.98. The molecule has 0 bridgehead atoms. The first-order valence-electron chi connectivity index (χ1n) is 6.24. The second-order valence-corrected chi connectivity index (χ2v) is 7.01. The lowest BCUT2D eigenvalue weighted by Gasteiger charge is -2.43. The van der Waals surface area contributed by atoms with Crippen molar-refractivity contribution in [3.8, 4) is 0 Å². The fourth-order valence-electron chi connectivity index (χ4n) is 2.63. The molecule has 1 amide bonds. The summed E-state index contributed by atoms with van der Waals surface area (Å²) < 4.78 is 0.707. The van der Waals surface area contributed by atoms with Gasteiger partial charge in [0.15, 0.2) is 5.84 Å². The molecular formula is C13H14BrCl2N3O2. The minimum atomic E-state index is -1.01. The van der Waals surface area contributed by atoms with Crippen molar-refractivity contribution in [1.82, 2.24) is 0 Å². The number of oxime groups is 1.